The van der Waals surface area contributed by atoms with Crippen LogP contribution in [0.4, 0.5) is 5.69 Å². The van der Waals surface area contributed by atoms with Gasteiger partial charge in [-0.2, -0.15) is 0 Å². The van der Waals surface area contributed by atoms with Crippen LogP contribution in [0.15, 0.2) is 71.1 Å². The van der Waals surface area contributed by atoms with Crippen molar-refractivity contribution in [2.45, 2.75) is 18.8 Å². The van der Waals surface area contributed by atoms with E-state index in [0.717, 1.165) is 0 Å². The molecule has 0 radical (unpaired) electrons. The minimum atomic E-state index is -0.789. The summed E-state index contributed by atoms with van der Waals surface area (Å²) >= 11 is 6.07. The molecule has 0 saturated heterocycles. The first kappa shape index (κ1) is 22.6. The lowest BCUT2D eigenvalue weighted by Crippen LogP contribution is -2.37. The van der Waals surface area contributed by atoms with E-state index in [2.05, 4.69) is 0 Å². The highest BCUT2D eigenvalue weighted by atomic mass is 35.5. The molecule has 1 aliphatic heterocycles. The lowest BCUT2D eigenvalue weighted by atomic mass is 9.79. The second-order valence-electron chi connectivity index (χ2n) is 7.55. The third-order valence-corrected chi connectivity index (χ3v) is 6.10. The molecule has 8 heteroatoms. The normalized spacial score (nSPS) is 17.8. The van der Waals surface area contributed by atoms with E-state index in [4.69, 9.17) is 25.8 Å². The van der Waals surface area contributed by atoms with Gasteiger partial charge in [-0.05, 0) is 48.4 Å². The number of hydrogen-bond donors (Lipinski definition) is 0. The Bertz CT molecular complexity index is 1180. The molecule has 0 spiro atoms. The van der Waals surface area contributed by atoms with Gasteiger partial charge >= 0.3 is 11.9 Å². The predicted octanol–water partition coefficient (Wildman–Crippen LogP) is 4.17. The van der Waals surface area contributed by atoms with E-state index in [-0.39, 0.29) is 23.5 Å². The van der Waals surface area contributed by atoms with Crippen LogP contribution in [-0.2, 0) is 23.9 Å². The molecule has 1 atom stereocenters. The molecule has 7 nitrogen and oxygen atoms in total. The van der Waals surface area contributed by atoms with Gasteiger partial charge < -0.3 is 19.1 Å². The number of esters is 2. The van der Waals surface area contributed by atoms with E-state index in [0.29, 0.717) is 39.7 Å². The summed E-state index contributed by atoms with van der Waals surface area (Å²) in [7, 11) is 4.04. The van der Waals surface area contributed by atoms with Crippen molar-refractivity contribution < 1.29 is 28.6 Å². The van der Waals surface area contributed by atoms with Gasteiger partial charge in [-0.1, -0.05) is 23.7 Å². The van der Waals surface area contributed by atoms with Gasteiger partial charge in [0.2, 0.25) is 0 Å². The van der Waals surface area contributed by atoms with Crippen molar-refractivity contribution in [1.82, 2.24) is 0 Å². The maximum absolute atomic E-state index is 13.1. The van der Waals surface area contributed by atoms with Crippen LogP contribution in [0.5, 0.6) is 5.75 Å². The molecule has 1 aliphatic carbocycles. The topological polar surface area (TPSA) is 82.1 Å². The van der Waals surface area contributed by atoms with Crippen molar-refractivity contribution in [2.24, 2.45) is 0 Å². The summed E-state index contributed by atoms with van der Waals surface area (Å²) in [5.74, 6) is -1.68. The Morgan fingerprint density at radius 2 is 1.55 bits per heavy atom. The van der Waals surface area contributed by atoms with E-state index < -0.39 is 17.9 Å². The summed E-state index contributed by atoms with van der Waals surface area (Å²) in [6.45, 7) is 0. The van der Waals surface area contributed by atoms with Gasteiger partial charge in [-0.15, -0.1) is 0 Å². The van der Waals surface area contributed by atoms with Crippen LogP contribution in [0.1, 0.15) is 24.3 Å². The fraction of sp³-hybridized carbons (Fsp3) is 0.240. The molecule has 0 aromatic heterocycles. The molecule has 0 bridgehead atoms. The van der Waals surface area contributed by atoms with Gasteiger partial charge in [0.15, 0.2) is 5.78 Å². The van der Waals surface area contributed by atoms with E-state index in [1.54, 1.807) is 60.5 Å². The lowest BCUT2D eigenvalue weighted by molar-refractivity contribution is -0.139. The highest BCUT2D eigenvalue weighted by molar-refractivity contribution is 6.30. The summed E-state index contributed by atoms with van der Waals surface area (Å²) in [4.78, 5) is 41.0. The third kappa shape index (κ3) is 3.89. The smallest absolute Gasteiger partial charge is 0.355 e. The second kappa shape index (κ2) is 9.11. The number of ketones is 1. The first-order valence-electron chi connectivity index (χ1n) is 10.3. The van der Waals surface area contributed by atoms with Gasteiger partial charge in [0.05, 0.1) is 26.9 Å². The van der Waals surface area contributed by atoms with Crippen molar-refractivity contribution in [3.8, 4) is 5.75 Å². The Balaban J connectivity index is 2.04. The van der Waals surface area contributed by atoms with Crippen LogP contribution in [-0.4, -0.2) is 39.1 Å². The molecule has 33 heavy (non-hydrogen) atoms. The number of carbonyl (C=O) groups is 3. The fourth-order valence-electron chi connectivity index (χ4n) is 4.39. The summed E-state index contributed by atoms with van der Waals surface area (Å²) < 4.78 is 15.4. The number of hydrogen-bond acceptors (Lipinski definition) is 7. The molecule has 0 fully saturated rings. The maximum Gasteiger partial charge on any atom is 0.355 e. The van der Waals surface area contributed by atoms with Crippen molar-refractivity contribution in [3.63, 3.8) is 0 Å². The maximum atomic E-state index is 13.1. The molecule has 0 amide bonds. The van der Waals surface area contributed by atoms with E-state index >= 15 is 0 Å². The largest absolute Gasteiger partial charge is 0.497 e. The van der Waals surface area contributed by atoms with Gasteiger partial charge in [0, 0.05) is 34.3 Å². The molecular weight excluding hydrogens is 446 g/mol. The van der Waals surface area contributed by atoms with Crippen molar-refractivity contribution in [2.75, 3.05) is 26.2 Å². The molecule has 0 N–H and O–H groups in total. The number of carbonyl (C=O) groups excluding carboxylic acids is 3. The Kier molecular flexibility index (Phi) is 6.24. The zero-order valence-electron chi connectivity index (χ0n) is 18.4. The highest BCUT2D eigenvalue weighted by Gasteiger charge is 2.47. The minimum absolute atomic E-state index is 0.0166. The predicted molar refractivity (Wildman–Crippen MR) is 122 cm³/mol. The lowest BCUT2D eigenvalue weighted by Gasteiger charge is -2.37. The summed E-state index contributed by atoms with van der Waals surface area (Å²) in [6, 6.07) is 13.8. The molecule has 1 unspecified atom stereocenters. The average molecular weight is 468 g/mol. The number of benzene rings is 2. The van der Waals surface area contributed by atoms with E-state index in [1.165, 1.54) is 14.2 Å². The van der Waals surface area contributed by atoms with Gasteiger partial charge in [0.1, 0.15) is 11.4 Å². The van der Waals surface area contributed by atoms with Crippen molar-refractivity contribution in [1.29, 1.82) is 0 Å². The SMILES string of the molecule is COC(=O)C1=C(C(=O)OC)N(c2ccc(OC)cc2)C2=C(C(=O)CC2)C1c1ccc(Cl)cc1. The summed E-state index contributed by atoms with van der Waals surface area (Å²) in [5, 5.41) is 0.512. The van der Waals surface area contributed by atoms with Gasteiger partial charge in [-0.25, -0.2) is 9.59 Å². The number of nitrogens with zero attached hydrogens (tertiary/aromatic N) is 1. The Morgan fingerprint density at radius 3 is 2.12 bits per heavy atom. The fourth-order valence-corrected chi connectivity index (χ4v) is 4.51. The Morgan fingerprint density at radius 1 is 0.909 bits per heavy atom. The van der Waals surface area contributed by atoms with Crippen LogP contribution in [0, 0.1) is 0 Å². The quantitative estimate of drug-likeness (QED) is 0.610. The standard InChI is InChI=1S/C25H22ClNO6/c1-31-17-10-8-16(9-11-17)27-18-12-13-19(28)21(18)20(14-4-6-15(26)7-5-14)22(24(29)32-2)23(27)25(30)33-3/h4-11,20H,12-13H2,1-3H3. The number of allylic oxidation sites excluding steroid dienone is 2. The van der Waals surface area contributed by atoms with Crippen LogP contribution < -0.4 is 9.64 Å². The number of ether oxygens (including phenoxy) is 3. The summed E-state index contributed by atoms with van der Waals surface area (Å²) in [6.07, 6.45) is 0.684. The molecule has 4 rings (SSSR count). The van der Waals surface area contributed by atoms with Crippen molar-refractivity contribution in [3.05, 3.63) is 81.7 Å². The summed E-state index contributed by atoms with van der Waals surface area (Å²) in [5.41, 5.74) is 2.41. The van der Waals surface area contributed by atoms with Crippen LogP contribution in [0.2, 0.25) is 5.02 Å². The molecule has 2 aromatic carbocycles. The monoisotopic (exact) mass is 467 g/mol. The number of Topliss-reactive ketones (excluding diaryl/α,β-unsaturated/α-hetero) is 1. The number of methoxy groups -OCH3 is 3. The highest BCUT2D eigenvalue weighted by Crippen LogP contribution is 2.49. The van der Waals surface area contributed by atoms with Crippen molar-refractivity contribution >= 4 is 35.0 Å². The number of halogens is 1. The first-order valence-corrected chi connectivity index (χ1v) is 10.7. The van der Waals surface area contributed by atoms with Gasteiger partial charge in [-0.3, -0.25) is 4.79 Å². The average Bonchev–Trinajstić information content (AvgIpc) is 3.23. The van der Waals surface area contributed by atoms with Crippen LogP contribution >= 0.6 is 11.6 Å². The Labute approximate surface area is 196 Å². The number of rotatable bonds is 5. The van der Waals surface area contributed by atoms with E-state index in [9.17, 15) is 14.4 Å². The molecule has 1 heterocycles. The zero-order chi connectivity index (χ0) is 23.7. The number of anilines is 1. The molecule has 170 valence electrons. The molecule has 0 saturated carbocycles. The molecule has 2 aliphatic rings. The zero-order valence-corrected chi connectivity index (χ0v) is 19.1. The van der Waals surface area contributed by atoms with Crippen LogP contribution in [0.25, 0.3) is 0 Å². The molecule has 2 aromatic rings. The Hall–Kier alpha value is -3.58. The first-order chi connectivity index (χ1) is 15.9. The molecular formula is C25H22ClNO6. The van der Waals surface area contributed by atoms with E-state index in [1.807, 2.05) is 0 Å². The van der Waals surface area contributed by atoms with Gasteiger partial charge in [0.25, 0.3) is 0 Å². The van der Waals surface area contributed by atoms with Crippen LogP contribution in [0.3, 0.4) is 0 Å². The second-order valence-corrected chi connectivity index (χ2v) is 7.98. The minimum Gasteiger partial charge on any atom is -0.497 e. The third-order valence-electron chi connectivity index (χ3n) is 5.84.